The highest BCUT2D eigenvalue weighted by molar-refractivity contribution is 7.99. The van der Waals surface area contributed by atoms with Gasteiger partial charge in [-0.25, -0.2) is 0 Å². The average molecular weight is 191 g/mol. The molecule has 1 unspecified atom stereocenters. The molecule has 2 nitrogen and oxygen atoms in total. The molecule has 1 aliphatic heterocycles. The molecule has 0 saturated carbocycles. The Morgan fingerprint density at radius 3 is 2.00 bits per heavy atom. The van der Waals surface area contributed by atoms with Crippen molar-refractivity contribution in [2.75, 3.05) is 12.8 Å². The maximum absolute atomic E-state index is 10.5. The molecule has 0 aliphatic carbocycles. The van der Waals surface area contributed by atoms with Gasteiger partial charge in [0.1, 0.15) is 0 Å². The zero-order chi connectivity index (χ0) is 9.98. The third kappa shape index (κ3) is 6.53. The number of amides is 1. The minimum atomic E-state index is 0.198. The summed E-state index contributed by atoms with van der Waals surface area (Å²) >= 11 is 1.75. The summed E-state index contributed by atoms with van der Waals surface area (Å²) in [6.07, 6.45) is 2.74. The number of nitrogens with one attached hydrogen (secondary N) is 1. The molecule has 3 heteroatoms. The lowest BCUT2D eigenvalue weighted by Crippen LogP contribution is -2.14. The molecule has 1 N–H and O–H groups in total. The van der Waals surface area contributed by atoms with Gasteiger partial charge in [0.25, 0.3) is 0 Å². The van der Waals surface area contributed by atoms with Gasteiger partial charge in [-0.15, -0.1) is 0 Å². The smallest absolute Gasteiger partial charge is 0.221 e. The van der Waals surface area contributed by atoms with Crippen molar-refractivity contribution in [1.82, 2.24) is 5.32 Å². The van der Waals surface area contributed by atoms with Crippen molar-refractivity contribution in [3.8, 4) is 0 Å². The predicted molar refractivity (Wildman–Crippen MR) is 57.6 cm³/mol. The fourth-order valence-corrected chi connectivity index (χ4v) is 1.31. The molecule has 0 aromatic carbocycles. The molecule has 1 fully saturated rings. The average Bonchev–Trinajstić information content (AvgIpc) is 2.58. The number of rotatable bonds is 1. The summed E-state index contributed by atoms with van der Waals surface area (Å²) in [6, 6.07) is 0. The van der Waals surface area contributed by atoms with Gasteiger partial charge in [-0.1, -0.05) is 27.7 Å². The summed E-state index contributed by atoms with van der Waals surface area (Å²) in [4.78, 5) is 10.5. The van der Waals surface area contributed by atoms with Crippen molar-refractivity contribution in [2.24, 2.45) is 0 Å². The van der Waals surface area contributed by atoms with Crippen LogP contribution >= 0.6 is 11.8 Å². The molecule has 1 rings (SSSR count). The van der Waals surface area contributed by atoms with Gasteiger partial charge in [-0.05, 0) is 6.26 Å². The summed E-state index contributed by atoms with van der Waals surface area (Å²) in [6.45, 7) is 8.86. The summed E-state index contributed by atoms with van der Waals surface area (Å²) in [5, 5.41) is 3.29. The van der Waals surface area contributed by atoms with Crippen molar-refractivity contribution < 1.29 is 4.79 Å². The number of carbonyl (C=O) groups is 1. The highest BCUT2D eigenvalue weighted by atomic mass is 32.2. The first-order valence-electron chi connectivity index (χ1n) is 4.62. The van der Waals surface area contributed by atoms with Crippen LogP contribution in [0.25, 0.3) is 0 Å². The van der Waals surface area contributed by atoms with E-state index in [4.69, 9.17) is 0 Å². The summed E-state index contributed by atoms with van der Waals surface area (Å²) in [5.74, 6) is 0.198. The van der Waals surface area contributed by atoms with Gasteiger partial charge in [0.15, 0.2) is 0 Å². The van der Waals surface area contributed by atoms with Gasteiger partial charge in [0.2, 0.25) is 5.91 Å². The fraction of sp³-hybridized carbons (Fsp3) is 0.889. The van der Waals surface area contributed by atoms with E-state index in [-0.39, 0.29) is 5.91 Å². The van der Waals surface area contributed by atoms with Crippen LogP contribution in [0.1, 0.15) is 34.1 Å². The van der Waals surface area contributed by atoms with Gasteiger partial charge in [0.05, 0.1) is 0 Å². The van der Waals surface area contributed by atoms with Crippen LogP contribution in [-0.4, -0.2) is 24.0 Å². The lowest BCUT2D eigenvalue weighted by molar-refractivity contribution is -0.119. The number of carbonyl (C=O) groups excluding carboxylic acids is 1. The van der Waals surface area contributed by atoms with E-state index in [1.165, 1.54) is 0 Å². The van der Waals surface area contributed by atoms with Gasteiger partial charge < -0.3 is 5.32 Å². The van der Waals surface area contributed by atoms with Crippen LogP contribution in [0.2, 0.25) is 0 Å². The first-order chi connectivity index (χ1) is 5.83. The van der Waals surface area contributed by atoms with Gasteiger partial charge in [-0.2, -0.15) is 11.8 Å². The summed E-state index contributed by atoms with van der Waals surface area (Å²) in [7, 11) is 0. The van der Waals surface area contributed by atoms with Crippen LogP contribution in [0.5, 0.6) is 0 Å². The summed E-state index contributed by atoms with van der Waals surface area (Å²) in [5.41, 5.74) is 0. The Kier molecular flexibility index (Phi) is 12.9. The second kappa shape index (κ2) is 10.8. The third-order valence-corrected chi connectivity index (χ3v) is 2.27. The zero-order valence-electron chi connectivity index (χ0n) is 8.81. The van der Waals surface area contributed by atoms with Crippen LogP contribution in [0.15, 0.2) is 0 Å². The van der Waals surface area contributed by atoms with E-state index in [1.807, 2.05) is 34.0 Å². The van der Waals surface area contributed by atoms with E-state index in [0.717, 1.165) is 6.54 Å². The molecule has 1 saturated heterocycles. The molecule has 1 atom stereocenters. The first-order valence-corrected chi connectivity index (χ1v) is 5.91. The molecular formula is C9H21NOS. The van der Waals surface area contributed by atoms with E-state index in [2.05, 4.69) is 5.32 Å². The third-order valence-electron chi connectivity index (χ3n) is 1.27. The Morgan fingerprint density at radius 2 is 1.83 bits per heavy atom. The maximum atomic E-state index is 10.5. The fourth-order valence-electron chi connectivity index (χ4n) is 0.745. The highest BCUT2D eigenvalue weighted by Crippen LogP contribution is 2.13. The largest absolute Gasteiger partial charge is 0.355 e. The van der Waals surface area contributed by atoms with E-state index < -0.39 is 0 Å². The molecule has 0 spiro atoms. The Morgan fingerprint density at radius 1 is 1.33 bits per heavy atom. The van der Waals surface area contributed by atoms with Crippen molar-refractivity contribution in [2.45, 2.75) is 39.4 Å². The zero-order valence-corrected chi connectivity index (χ0v) is 9.62. The molecule has 0 aromatic rings. The molecule has 1 amide bonds. The first kappa shape index (κ1) is 14.3. The lowest BCUT2D eigenvalue weighted by Gasteiger charge is -1.97. The van der Waals surface area contributed by atoms with E-state index in [9.17, 15) is 4.79 Å². The van der Waals surface area contributed by atoms with Gasteiger partial charge in [-0.3, -0.25) is 4.79 Å². The monoisotopic (exact) mass is 191 g/mol. The van der Waals surface area contributed by atoms with Crippen molar-refractivity contribution >= 4 is 17.7 Å². The minimum absolute atomic E-state index is 0.198. The Bertz CT molecular complexity index is 107. The Hall–Kier alpha value is -0.180. The van der Waals surface area contributed by atoms with Crippen LogP contribution in [0.4, 0.5) is 0 Å². The predicted octanol–water partition coefficient (Wildman–Crippen LogP) is 2.29. The van der Waals surface area contributed by atoms with Crippen molar-refractivity contribution in [1.29, 1.82) is 0 Å². The van der Waals surface area contributed by atoms with Crippen LogP contribution in [-0.2, 0) is 4.79 Å². The number of hydrogen-bond acceptors (Lipinski definition) is 2. The molecule has 0 bridgehead atoms. The maximum Gasteiger partial charge on any atom is 0.221 e. The SMILES string of the molecule is CC.CC.CSC1CNC(=O)C1. The van der Waals surface area contributed by atoms with Crippen LogP contribution < -0.4 is 5.32 Å². The number of hydrogen-bond donors (Lipinski definition) is 1. The van der Waals surface area contributed by atoms with E-state index in [0.29, 0.717) is 11.7 Å². The van der Waals surface area contributed by atoms with Gasteiger partial charge >= 0.3 is 0 Å². The molecular weight excluding hydrogens is 170 g/mol. The van der Waals surface area contributed by atoms with E-state index in [1.54, 1.807) is 11.8 Å². The molecule has 12 heavy (non-hydrogen) atoms. The quantitative estimate of drug-likeness (QED) is 0.689. The van der Waals surface area contributed by atoms with Crippen molar-refractivity contribution in [3.05, 3.63) is 0 Å². The Labute approximate surface area is 80.5 Å². The molecule has 0 aromatic heterocycles. The van der Waals surface area contributed by atoms with Crippen LogP contribution in [0, 0.1) is 0 Å². The molecule has 1 heterocycles. The minimum Gasteiger partial charge on any atom is -0.355 e. The highest BCUT2D eigenvalue weighted by Gasteiger charge is 2.19. The Balaban J connectivity index is 0. The summed E-state index contributed by atoms with van der Waals surface area (Å²) < 4.78 is 0. The number of thioether (sulfide) groups is 1. The van der Waals surface area contributed by atoms with Crippen LogP contribution in [0.3, 0.4) is 0 Å². The van der Waals surface area contributed by atoms with Crippen molar-refractivity contribution in [3.63, 3.8) is 0 Å². The molecule has 1 aliphatic rings. The second-order valence-electron chi connectivity index (χ2n) is 1.87. The normalized spacial score (nSPS) is 19.8. The molecule has 74 valence electrons. The lowest BCUT2D eigenvalue weighted by atomic mass is 10.4. The van der Waals surface area contributed by atoms with E-state index >= 15 is 0 Å². The van der Waals surface area contributed by atoms with Gasteiger partial charge in [0, 0.05) is 18.2 Å². The molecule has 0 radical (unpaired) electrons. The topological polar surface area (TPSA) is 29.1 Å². The second-order valence-corrected chi connectivity index (χ2v) is 3.00. The standard InChI is InChI=1S/C5H9NOS.2C2H6/c1-8-4-2-5(7)6-3-4;2*1-2/h4H,2-3H2,1H3,(H,6,7);2*1-2H3.